The molecule has 0 aliphatic carbocycles. The summed E-state index contributed by atoms with van der Waals surface area (Å²) < 4.78 is 11.0. The fourth-order valence-electron chi connectivity index (χ4n) is 3.34. The molecule has 0 aromatic heterocycles. The number of benzene rings is 1. The Morgan fingerprint density at radius 3 is 2.96 bits per heavy atom. The minimum absolute atomic E-state index is 0.0264. The Bertz CT molecular complexity index is 534. The van der Waals surface area contributed by atoms with Crippen molar-refractivity contribution in [2.45, 2.75) is 44.2 Å². The molecule has 2 saturated heterocycles. The first-order valence-electron chi connectivity index (χ1n) is 9.69. The van der Waals surface area contributed by atoms with Crippen LogP contribution < -0.4 is 10.8 Å². The van der Waals surface area contributed by atoms with Gasteiger partial charge in [-0.25, -0.2) is 0 Å². The van der Waals surface area contributed by atoms with Crippen molar-refractivity contribution in [1.82, 2.24) is 10.8 Å². The van der Waals surface area contributed by atoms with Gasteiger partial charge in [0.25, 0.3) is 0 Å². The Balaban J connectivity index is 1.21. The van der Waals surface area contributed by atoms with Crippen molar-refractivity contribution in [3.05, 3.63) is 35.9 Å². The maximum atomic E-state index is 12.2. The third-order valence-corrected chi connectivity index (χ3v) is 4.97. The Morgan fingerprint density at radius 1 is 1.27 bits per heavy atom. The molecular formula is C20H30N2O4. The molecule has 2 aliphatic rings. The molecule has 2 heterocycles. The standard InChI is InChI=1S/C20H30N2O4/c23-20(21-14-17-9-12-25-15-17)19-13-18(26-22-19)7-4-10-24-11-8-16-5-2-1-3-6-16/h1-3,5-6,17-19,22H,4,7-15H2,(H,21,23). The van der Waals surface area contributed by atoms with Gasteiger partial charge in [-0.05, 0) is 31.2 Å². The van der Waals surface area contributed by atoms with Crippen LogP contribution in [0.15, 0.2) is 30.3 Å². The first kappa shape index (κ1) is 19.3. The Kier molecular flexibility index (Phi) is 7.88. The minimum atomic E-state index is -0.249. The second-order valence-electron chi connectivity index (χ2n) is 7.11. The molecule has 3 rings (SSSR count). The normalized spacial score (nSPS) is 25.5. The molecule has 1 amide bonds. The monoisotopic (exact) mass is 362 g/mol. The highest BCUT2D eigenvalue weighted by molar-refractivity contribution is 5.81. The van der Waals surface area contributed by atoms with Crippen LogP contribution in [-0.4, -0.2) is 51.0 Å². The Hall–Kier alpha value is -1.47. The van der Waals surface area contributed by atoms with Crippen LogP contribution in [0.2, 0.25) is 0 Å². The Labute approximate surface area is 155 Å². The average Bonchev–Trinajstić information content (AvgIpc) is 3.35. The number of nitrogens with one attached hydrogen (secondary N) is 2. The van der Waals surface area contributed by atoms with Gasteiger partial charge in [0.2, 0.25) is 5.91 Å². The summed E-state index contributed by atoms with van der Waals surface area (Å²) in [5.74, 6) is 0.476. The van der Waals surface area contributed by atoms with Crippen LogP contribution in [0.3, 0.4) is 0 Å². The summed E-state index contributed by atoms with van der Waals surface area (Å²) in [7, 11) is 0. The zero-order valence-electron chi connectivity index (χ0n) is 15.3. The zero-order chi connectivity index (χ0) is 18.0. The first-order valence-corrected chi connectivity index (χ1v) is 9.69. The maximum absolute atomic E-state index is 12.2. The molecule has 3 atom stereocenters. The van der Waals surface area contributed by atoms with E-state index >= 15 is 0 Å². The second-order valence-corrected chi connectivity index (χ2v) is 7.11. The Morgan fingerprint density at radius 2 is 2.15 bits per heavy atom. The van der Waals surface area contributed by atoms with Gasteiger partial charge in [0.1, 0.15) is 6.04 Å². The lowest BCUT2D eigenvalue weighted by Gasteiger charge is -2.12. The van der Waals surface area contributed by atoms with E-state index in [-0.39, 0.29) is 18.1 Å². The molecular weight excluding hydrogens is 332 g/mol. The molecule has 0 saturated carbocycles. The molecule has 6 nitrogen and oxygen atoms in total. The average molecular weight is 362 g/mol. The van der Waals surface area contributed by atoms with Crippen molar-refractivity contribution < 1.29 is 19.1 Å². The van der Waals surface area contributed by atoms with Gasteiger partial charge in [0.15, 0.2) is 0 Å². The van der Waals surface area contributed by atoms with Gasteiger partial charge in [0.05, 0.1) is 19.3 Å². The van der Waals surface area contributed by atoms with Crippen molar-refractivity contribution in [2.75, 3.05) is 33.0 Å². The summed E-state index contributed by atoms with van der Waals surface area (Å²) >= 11 is 0. The maximum Gasteiger partial charge on any atom is 0.239 e. The molecule has 26 heavy (non-hydrogen) atoms. The number of amides is 1. The van der Waals surface area contributed by atoms with E-state index in [1.165, 1.54) is 5.56 Å². The lowest BCUT2D eigenvalue weighted by Crippen LogP contribution is -2.42. The molecule has 0 bridgehead atoms. The lowest BCUT2D eigenvalue weighted by molar-refractivity contribution is -0.124. The number of ether oxygens (including phenoxy) is 2. The minimum Gasteiger partial charge on any atom is -0.381 e. The van der Waals surface area contributed by atoms with Crippen molar-refractivity contribution >= 4 is 5.91 Å². The zero-order valence-corrected chi connectivity index (χ0v) is 15.3. The molecule has 144 valence electrons. The smallest absolute Gasteiger partial charge is 0.239 e. The van der Waals surface area contributed by atoms with Crippen molar-refractivity contribution in [1.29, 1.82) is 0 Å². The molecule has 2 aliphatic heterocycles. The van der Waals surface area contributed by atoms with E-state index in [9.17, 15) is 4.79 Å². The van der Waals surface area contributed by atoms with Crippen LogP contribution in [-0.2, 0) is 25.5 Å². The number of carbonyl (C=O) groups is 1. The second kappa shape index (κ2) is 10.6. The number of rotatable bonds is 10. The molecule has 0 spiro atoms. The third-order valence-electron chi connectivity index (χ3n) is 4.97. The number of hydrogen-bond donors (Lipinski definition) is 2. The van der Waals surface area contributed by atoms with Crippen molar-refractivity contribution in [3.63, 3.8) is 0 Å². The highest BCUT2D eigenvalue weighted by atomic mass is 16.7. The SMILES string of the molecule is O=C(NCC1CCOC1)C1CC(CCCOCCc2ccccc2)ON1. The molecule has 2 fully saturated rings. The van der Waals surface area contributed by atoms with Gasteiger partial charge < -0.3 is 14.8 Å². The highest BCUT2D eigenvalue weighted by Crippen LogP contribution is 2.16. The van der Waals surface area contributed by atoms with Crippen LogP contribution in [0.1, 0.15) is 31.2 Å². The van der Waals surface area contributed by atoms with E-state index < -0.39 is 0 Å². The highest BCUT2D eigenvalue weighted by Gasteiger charge is 2.30. The third kappa shape index (κ3) is 6.36. The molecule has 2 N–H and O–H groups in total. The predicted molar refractivity (Wildman–Crippen MR) is 98.5 cm³/mol. The van der Waals surface area contributed by atoms with Crippen LogP contribution in [0.5, 0.6) is 0 Å². The van der Waals surface area contributed by atoms with E-state index in [0.29, 0.717) is 12.5 Å². The summed E-state index contributed by atoms with van der Waals surface area (Å²) in [4.78, 5) is 17.7. The van der Waals surface area contributed by atoms with E-state index in [2.05, 4.69) is 22.9 Å². The largest absolute Gasteiger partial charge is 0.381 e. The van der Waals surface area contributed by atoms with Crippen LogP contribution in [0.25, 0.3) is 0 Å². The van der Waals surface area contributed by atoms with E-state index in [1.54, 1.807) is 0 Å². The number of carbonyl (C=O) groups excluding carboxylic acids is 1. The molecule has 1 aromatic carbocycles. The lowest BCUT2D eigenvalue weighted by atomic mass is 10.1. The molecule has 1 aromatic rings. The predicted octanol–water partition coefficient (Wildman–Crippen LogP) is 1.84. The first-order chi connectivity index (χ1) is 12.8. The fraction of sp³-hybridized carbons (Fsp3) is 0.650. The number of hydrogen-bond acceptors (Lipinski definition) is 5. The number of hydroxylamine groups is 1. The van der Waals surface area contributed by atoms with E-state index in [1.807, 2.05) is 18.2 Å². The van der Waals surface area contributed by atoms with Gasteiger partial charge in [0, 0.05) is 32.1 Å². The van der Waals surface area contributed by atoms with Crippen molar-refractivity contribution in [2.24, 2.45) is 5.92 Å². The molecule has 0 radical (unpaired) electrons. The van der Waals surface area contributed by atoms with Gasteiger partial charge in [-0.3, -0.25) is 9.63 Å². The summed E-state index contributed by atoms with van der Waals surface area (Å²) in [6, 6.07) is 10.1. The topological polar surface area (TPSA) is 68.8 Å². The summed E-state index contributed by atoms with van der Waals surface area (Å²) in [5, 5.41) is 3.00. The summed E-state index contributed by atoms with van der Waals surface area (Å²) in [6.45, 7) is 3.72. The quantitative estimate of drug-likeness (QED) is 0.622. The van der Waals surface area contributed by atoms with Gasteiger partial charge >= 0.3 is 0 Å². The van der Waals surface area contributed by atoms with Gasteiger partial charge in [-0.2, -0.15) is 5.48 Å². The summed E-state index contributed by atoms with van der Waals surface area (Å²) in [5.41, 5.74) is 4.17. The van der Waals surface area contributed by atoms with Crippen LogP contribution in [0, 0.1) is 5.92 Å². The van der Waals surface area contributed by atoms with E-state index in [4.69, 9.17) is 14.3 Å². The molecule has 3 unspecified atom stereocenters. The van der Waals surface area contributed by atoms with Crippen molar-refractivity contribution in [3.8, 4) is 0 Å². The van der Waals surface area contributed by atoms with E-state index in [0.717, 1.165) is 58.5 Å². The van der Waals surface area contributed by atoms with Gasteiger partial charge in [-0.1, -0.05) is 30.3 Å². The summed E-state index contributed by atoms with van der Waals surface area (Å²) in [6.07, 6.45) is 4.61. The van der Waals surface area contributed by atoms with Crippen LogP contribution in [0.4, 0.5) is 0 Å². The van der Waals surface area contributed by atoms with Gasteiger partial charge in [-0.15, -0.1) is 0 Å². The fourth-order valence-corrected chi connectivity index (χ4v) is 3.34. The van der Waals surface area contributed by atoms with Crippen LogP contribution >= 0.6 is 0 Å². The molecule has 6 heteroatoms.